The molecule has 3 atom stereocenters. The summed E-state index contributed by atoms with van der Waals surface area (Å²) in [5, 5.41) is 13.7. The lowest BCUT2D eigenvalue weighted by atomic mass is 10.0. The number of benzene rings is 1. The van der Waals surface area contributed by atoms with Crippen LogP contribution in [0.5, 0.6) is 5.75 Å². The van der Waals surface area contributed by atoms with Gasteiger partial charge in [-0.1, -0.05) is 11.6 Å². The van der Waals surface area contributed by atoms with Gasteiger partial charge in [0.05, 0.1) is 41.4 Å². The molecule has 0 spiro atoms. The van der Waals surface area contributed by atoms with Gasteiger partial charge in [0, 0.05) is 18.7 Å². The minimum absolute atomic E-state index is 0.00969. The molecule has 0 unspecified atom stereocenters. The number of rotatable bonds is 4. The number of sulfonamides is 1. The van der Waals surface area contributed by atoms with Gasteiger partial charge in [-0.3, -0.25) is 0 Å². The number of halogens is 2. The van der Waals surface area contributed by atoms with Crippen LogP contribution in [-0.4, -0.2) is 75.4 Å². The van der Waals surface area contributed by atoms with E-state index >= 15 is 4.39 Å². The molecule has 34 heavy (non-hydrogen) atoms. The Morgan fingerprint density at radius 1 is 1.35 bits per heavy atom. The second-order valence-electron chi connectivity index (χ2n) is 8.74. The van der Waals surface area contributed by atoms with E-state index in [4.69, 9.17) is 16.3 Å². The summed E-state index contributed by atoms with van der Waals surface area (Å²) in [6.07, 6.45) is 1.91. The number of imidazole rings is 1. The lowest BCUT2D eigenvalue weighted by Gasteiger charge is -2.34. The Kier molecular flexibility index (Phi) is 5.66. The topological polar surface area (TPSA) is 122 Å². The summed E-state index contributed by atoms with van der Waals surface area (Å²) >= 11 is 6.42. The van der Waals surface area contributed by atoms with E-state index in [1.807, 2.05) is 18.4 Å². The van der Waals surface area contributed by atoms with E-state index in [0.29, 0.717) is 35.7 Å². The first kappa shape index (κ1) is 23.2. The number of aryl methyl sites for hydroxylation is 1. The zero-order valence-electron chi connectivity index (χ0n) is 18.8. The zero-order chi connectivity index (χ0) is 24.4. The summed E-state index contributed by atoms with van der Waals surface area (Å²) in [6.45, 7) is 4.41. The highest BCUT2D eigenvalue weighted by atomic mass is 35.5. The maximum atomic E-state index is 15.1. The molecule has 0 bridgehead atoms. The molecule has 13 heteroatoms. The monoisotopic (exact) mass is 510 g/mol. The lowest BCUT2D eigenvalue weighted by Crippen LogP contribution is -2.51. The number of anilines is 1. The molecule has 1 aromatic carbocycles. The Morgan fingerprint density at radius 2 is 2.12 bits per heavy atom. The van der Waals surface area contributed by atoms with E-state index in [-0.39, 0.29) is 41.3 Å². The maximum Gasteiger partial charge on any atom is 0.223 e. The standard InChI is InChI=1S/C21H24ClFN6O4S/c1-10-9-33-20-12(6-14(23)18-19(20)29(10)11(2)25-18)17-13(22)7-24-21(27-17)26-15-4-5-28(8-16(15)30)34(3,31)32/h6-7,10,15-16,30H,4-5,8-9H2,1-3H3,(H,24,26,27)/t10-,15+,16+/m0/s1. The van der Waals surface area contributed by atoms with Gasteiger partial charge < -0.3 is 19.7 Å². The van der Waals surface area contributed by atoms with Crippen molar-refractivity contribution in [2.75, 3.05) is 31.3 Å². The summed E-state index contributed by atoms with van der Waals surface area (Å²) in [6, 6.07) is 0.831. The molecule has 182 valence electrons. The molecule has 3 aromatic rings. The molecule has 4 heterocycles. The average molecular weight is 511 g/mol. The molecule has 2 aliphatic heterocycles. The number of aliphatic hydroxyl groups is 1. The number of nitrogens with one attached hydrogen (secondary N) is 1. The van der Waals surface area contributed by atoms with Crippen molar-refractivity contribution in [2.24, 2.45) is 0 Å². The number of β-amino-alcohol motifs (C(OH)–C–C–N with tert-alkyl or cyclic N) is 1. The minimum Gasteiger partial charge on any atom is -0.488 e. The van der Waals surface area contributed by atoms with Gasteiger partial charge in [0.15, 0.2) is 11.6 Å². The Labute approximate surface area is 200 Å². The van der Waals surface area contributed by atoms with Gasteiger partial charge in [-0.15, -0.1) is 0 Å². The molecule has 2 N–H and O–H groups in total. The number of aliphatic hydroxyl groups excluding tert-OH is 1. The molecule has 5 rings (SSSR count). The molecular weight excluding hydrogens is 487 g/mol. The zero-order valence-corrected chi connectivity index (χ0v) is 20.4. The number of hydrogen-bond acceptors (Lipinski definition) is 8. The molecule has 1 saturated heterocycles. The average Bonchev–Trinajstić information content (AvgIpc) is 3.13. The van der Waals surface area contributed by atoms with Crippen molar-refractivity contribution in [3.05, 3.63) is 28.9 Å². The van der Waals surface area contributed by atoms with Gasteiger partial charge in [-0.2, -0.15) is 4.31 Å². The second kappa shape index (κ2) is 8.29. The first-order valence-corrected chi connectivity index (χ1v) is 13.0. The van der Waals surface area contributed by atoms with Crippen LogP contribution in [0.2, 0.25) is 5.02 Å². The quantitative estimate of drug-likeness (QED) is 0.548. The molecular formula is C21H24ClFN6O4S. The SMILES string of the molecule is Cc1nc2c(F)cc(-c3nc(N[C@@H]4CCN(S(C)(=O)=O)C[C@H]4O)ncc3Cl)c3c2n1[C@@H](C)CO3. The fourth-order valence-corrected chi connectivity index (χ4v) is 5.67. The van der Waals surface area contributed by atoms with Crippen molar-refractivity contribution < 1.29 is 22.7 Å². The van der Waals surface area contributed by atoms with Crippen molar-refractivity contribution >= 4 is 38.6 Å². The fourth-order valence-electron chi connectivity index (χ4n) is 4.62. The number of hydrogen-bond donors (Lipinski definition) is 2. The number of piperidine rings is 1. The van der Waals surface area contributed by atoms with Gasteiger partial charge in [0.2, 0.25) is 16.0 Å². The third-order valence-electron chi connectivity index (χ3n) is 6.28. The highest BCUT2D eigenvalue weighted by Crippen LogP contribution is 2.43. The van der Waals surface area contributed by atoms with Crippen molar-refractivity contribution in [2.45, 2.75) is 38.5 Å². The molecule has 0 saturated carbocycles. The number of nitrogens with zero attached hydrogens (tertiary/aromatic N) is 5. The lowest BCUT2D eigenvalue weighted by molar-refractivity contribution is 0.0950. The van der Waals surface area contributed by atoms with Crippen molar-refractivity contribution in [3.63, 3.8) is 0 Å². The summed E-state index contributed by atoms with van der Waals surface area (Å²) in [4.78, 5) is 13.1. The van der Waals surface area contributed by atoms with Crippen LogP contribution >= 0.6 is 11.6 Å². The van der Waals surface area contributed by atoms with Crippen molar-refractivity contribution in [1.82, 2.24) is 23.8 Å². The van der Waals surface area contributed by atoms with Gasteiger partial charge in [-0.05, 0) is 26.3 Å². The smallest absolute Gasteiger partial charge is 0.223 e. The highest BCUT2D eigenvalue weighted by molar-refractivity contribution is 7.88. The van der Waals surface area contributed by atoms with E-state index in [1.165, 1.54) is 16.6 Å². The van der Waals surface area contributed by atoms with Crippen LogP contribution in [0.1, 0.15) is 25.2 Å². The molecule has 0 aliphatic carbocycles. The molecule has 1 fully saturated rings. The first-order chi connectivity index (χ1) is 16.0. The van der Waals surface area contributed by atoms with Crippen LogP contribution in [-0.2, 0) is 10.0 Å². The minimum atomic E-state index is -3.39. The van der Waals surface area contributed by atoms with E-state index in [1.54, 1.807) is 0 Å². The summed E-state index contributed by atoms with van der Waals surface area (Å²) in [5.41, 5.74) is 1.44. The normalized spacial score (nSPS) is 23.2. The van der Waals surface area contributed by atoms with Crippen molar-refractivity contribution in [3.8, 4) is 17.0 Å². The third-order valence-corrected chi connectivity index (χ3v) is 7.83. The molecule has 2 aromatic heterocycles. The van der Waals surface area contributed by atoms with Gasteiger partial charge in [0.1, 0.15) is 23.5 Å². The highest BCUT2D eigenvalue weighted by Gasteiger charge is 2.33. The Morgan fingerprint density at radius 3 is 2.82 bits per heavy atom. The summed E-state index contributed by atoms with van der Waals surface area (Å²) in [5.74, 6) is 0.802. The third kappa shape index (κ3) is 3.88. The predicted molar refractivity (Wildman–Crippen MR) is 125 cm³/mol. The summed E-state index contributed by atoms with van der Waals surface area (Å²) < 4.78 is 47.8. The first-order valence-electron chi connectivity index (χ1n) is 10.8. The Bertz CT molecular complexity index is 1400. The maximum absolute atomic E-state index is 15.1. The van der Waals surface area contributed by atoms with Crippen LogP contribution in [0.3, 0.4) is 0 Å². The Hall–Kier alpha value is -2.54. The number of aromatic nitrogens is 4. The van der Waals surface area contributed by atoms with Crippen LogP contribution in [0.4, 0.5) is 10.3 Å². The van der Waals surface area contributed by atoms with E-state index in [9.17, 15) is 13.5 Å². The second-order valence-corrected chi connectivity index (χ2v) is 11.1. The van der Waals surface area contributed by atoms with Crippen LogP contribution in [0, 0.1) is 12.7 Å². The van der Waals surface area contributed by atoms with Gasteiger partial charge in [0.25, 0.3) is 0 Å². The van der Waals surface area contributed by atoms with E-state index < -0.39 is 28.0 Å². The van der Waals surface area contributed by atoms with E-state index in [2.05, 4.69) is 20.3 Å². The molecule has 0 radical (unpaired) electrons. The van der Waals surface area contributed by atoms with Crippen LogP contribution in [0.15, 0.2) is 12.3 Å². The number of ether oxygens (including phenoxy) is 1. The van der Waals surface area contributed by atoms with Crippen molar-refractivity contribution in [1.29, 1.82) is 0 Å². The molecule has 0 amide bonds. The summed E-state index contributed by atoms with van der Waals surface area (Å²) in [7, 11) is -3.39. The van der Waals surface area contributed by atoms with Crippen LogP contribution in [0.25, 0.3) is 22.3 Å². The molecule has 10 nitrogen and oxygen atoms in total. The van der Waals surface area contributed by atoms with Crippen LogP contribution < -0.4 is 10.1 Å². The predicted octanol–water partition coefficient (Wildman–Crippen LogP) is 2.35. The molecule has 2 aliphatic rings. The Balaban J connectivity index is 1.51. The van der Waals surface area contributed by atoms with E-state index in [0.717, 1.165) is 6.26 Å². The van der Waals surface area contributed by atoms with Gasteiger partial charge in [-0.25, -0.2) is 27.8 Å². The fraction of sp³-hybridized carbons (Fsp3) is 0.476. The van der Waals surface area contributed by atoms with Gasteiger partial charge >= 0.3 is 0 Å². The largest absolute Gasteiger partial charge is 0.488 e.